The second-order valence-corrected chi connectivity index (χ2v) is 5.52. The molecule has 0 aromatic heterocycles. The third-order valence-electron chi connectivity index (χ3n) is 3.20. The standard InChI is InChI=1S/C11H23NO4/c1-11(2,3)10-9(15)8(14)6(4-12)7(5-13)16-10/h6-10,13-15H,4-5,12H2,1-3H3/t6-,7?,8+,9?,10+/m1/s1. The zero-order valence-electron chi connectivity index (χ0n) is 10.1. The third kappa shape index (κ3) is 2.55. The fraction of sp³-hybridized carbons (Fsp3) is 1.00. The van der Waals surface area contributed by atoms with E-state index in [0.29, 0.717) is 0 Å². The molecule has 1 aliphatic rings. The predicted molar refractivity (Wildman–Crippen MR) is 59.8 cm³/mol. The number of ether oxygens (including phenoxy) is 1. The molecule has 0 bridgehead atoms. The zero-order valence-corrected chi connectivity index (χ0v) is 10.1. The fourth-order valence-corrected chi connectivity index (χ4v) is 2.21. The van der Waals surface area contributed by atoms with E-state index >= 15 is 0 Å². The van der Waals surface area contributed by atoms with E-state index in [2.05, 4.69) is 0 Å². The fourth-order valence-electron chi connectivity index (χ4n) is 2.21. The molecule has 0 aromatic carbocycles. The Bertz CT molecular complexity index is 227. The highest BCUT2D eigenvalue weighted by Crippen LogP contribution is 2.34. The highest BCUT2D eigenvalue weighted by atomic mass is 16.5. The minimum atomic E-state index is -0.962. The maximum absolute atomic E-state index is 9.98. The number of hydrogen-bond donors (Lipinski definition) is 4. The molecule has 5 heteroatoms. The average molecular weight is 233 g/mol. The zero-order chi connectivity index (χ0) is 12.5. The molecule has 0 aliphatic carbocycles. The highest BCUT2D eigenvalue weighted by molar-refractivity contribution is 4.96. The largest absolute Gasteiger partial charge is 0.394 e. The van der Waals surface area contributed by atoms with Gasteiger partial charge in [-0.15, -0.1) is 0 Å². The summed E-state index contributed by atoms with van der Waals surface area (Å²) in [6.45, 7) is 5.75. The molecule has 0 saturated carbocycles. The lowest BCUT2D eigenvalue weighted by Gasteiger charge is -2.46. The van der Waals surface area contributed by atoms with Crippen molar-refractivity contribution in [2.24, 2.45) is 17.1 Å². The summed E-state index contributed by atoms with van der Waals surface area (Å²) in [6.07, 6.45) is -2.91. The maximum Gasteiger partial charge on any atom is 0.107 e. The topological polar surface area (TPSA) is 95.9 Å². The van der Waals surface area contributed by atoms with Gasteiger partial charge >= 0.3 is 0 Å². The van der Waals surface area contributed by atoms with Crippen molar-refractivity contribution in [2.75, 3.05) is 13.2 Å². The molecule has 0 spiro atoms. The quantitative estimate of drug-likeness (QED) is 0.495. The van der Waals surface area contributed by atoms with Gasteiger partial charge in [-0.3, -0.25) is 0 Å². The molecule has 96 valence electrons. The van der Waals surface area contributed by atoms with E-state index in [1.54, 1.807) is 0 Å². The first-order valence-electron chi connectivity index (χ1n) is 5.65. The van der Waals surface area contributed by atoms with Gasteiger partial charge in [0.15, 0.2) is 0 Å². The van der Waals surface area contributed by atoms with Crippen LogP contribution in [0.25, 0.3) is 0 Å². The van der Waals surface area contributed by atoms with E-state index in [1.165, 1.54) is 0 Å². The summed E-state index contributed by atoms with van der Waals surface area (Å²) < 4.78 is 5.65. The van der Waals surface area contributed by atoms with Gasteiger partial charge in [-0.05, 0) is 5.41 Å². The van der Waals surface area contributed by atoms with Crippen LogP contribution >= 0.6 is 0 Å². The Balaban J connectivity index is 2.87. The molecule has 5 atom stereocenters. The van der Waals surface area contributed by atoms with E-state index in [-0.39, 0.29) is 18.6 Å². The molecule has 2 unspecified atom stereocenters. The SMILES string of the molecule is CC(C)(C)[C@H]1OC(CO)[C@@H](CN)[C@H](O)C1O. The van der Waals surface area contributed by atoms with E-state index in [4.69, 9.17) is 10.5 Å². The smallest absolute Gasteiger partial charge is 0.107 e. The van der Waals surface area contributed by atoms with Crippen LogP contribution in [0, 0.1) is 11.3 Å². The van der Waals surface area contributed by atoms with Gasteiger partial charge in [0.1, 0.15) is 6.10 Å². The van der Waals surface area contributed by atoms with Gasteiger partial charge in [0.2, 0.25) is 0 Å². The summed E-state index contributed by atoms with van der Waals surface area (Å²) >= 11 is 0. The van der Waals surface area contributed by atoms with Gasteiger partial charge in [0, 0.05) is 12.5 Å². The van der Waals surface area contributed by atoms with Crippen molar-refractivity contribution in [3.05, 3.63) is 0 Å². The molecule has 16 heavy (non-hydrogen) atoms. The summed E-state index contributed by atoms with van der Waals surface area (Å²) in [5, 5.41) is 29.1. The lowest BCUT2D eigenvalue weighted by atomic mass is 9.77. The molecule has 0 amide bonds. The van der Waals surface area contributed by atoms with Crippen molar-refractivity contribution in [3.8, 4) is 0 Å². The van der Waals surface area contributed by atoms with Crippen molar-refractivity contribution in [3.63, 3.8) is 0 Å². The number of aliphatic hydroxyl groups is 3. The van der Waals surface area contributed by atoms with Crippen LogP contribution < -0.4 is 5.73 Å². The molecule has 0 aromatic rings. The van der Waals surface area contributed by atoms with E-state index in [0.717, 1.165) is 0 Å². The van der Waals surface area contributed by atoms with Crippen LogP contribution in [-0.4, -0.2) is 52.9 Å². The van der Waals surface area contributed by atoms with Gasteiger partial charge in [-0.25, -0.2) is 0 Å². The van der Waals surface area contributed by atoms with Gasteiger partial charge in [-0.1, -0.05) is 20.8 Å². The maximum atomic E-state index is 9.98. The summed E-state index contributed by atoms with van der Waals surface area (Å²) in [4.78, 5) is 0. The van der Waals surface area contributed by atoms with Crippen molar-refractivity contribution >= 4 is 0 Å². The minimum absolute atomic E-state index is 0.181. The molecule has 5 N–H and O–H groups in total. The summed E-state index contributed by atoms with van der Waals surface area (Å²) in [7, 11) is 0. The van der Waals surface area contributed by atoms with E-state index < -0.39 is 30.3 Å². The van der Waals surface area contributed by atoms with Crippen LogP contribution in [0.1, 0.15) is 20.8 Å². The van der Waals surface area contributed by atoms with Crippen LogP contribution in [0.4, 0.5) is 0 Å². The van der Waals surface area contributed by atoms with E-state index in [9.17, 15) is 15.3 Å². The van der Waals surface area contributed by atoms with Crippen LogP contribution in [-0.2, 0) is 4.74 Å². The Morgan fingerprint density at radius 1 is 1.19 bits per heavy atom. The van der Waals surface area contributed by atoms with Crippen LogP contribution in [0.2, 0.25) is 0 Å². The molecule has 0 radical (unpaired) electrons. The van der Waals surface area contributed by atoms with Gasteiger partial charge < -0.3 is 25.8 Å². The predicted octanol–water partition coefficient (Wildman–Crippen LogP) is -0.911. The summed E-state index contributed by atoms with van der Waals surface area (Å²) in [6, 6.07) is 0. The first kappa shape index (κ1) is 13.9. The van der Waals surface area contributed by atoms with Crippen molar-refractivity contribution in [1.82, 2.24) is 0 Å². The van der Waals surface area contributed by atoms with Gasteiger partial charge in [0.05, 0.1) is 24.9 Å². The number of hydrogen-bond acceptors (Lipinski definition) is 5. The first-order valence-corrected chi connectivity index (χ1v) is 5.65. The molecule has 1 aliphatic heterocycles. The molecular formula is C11H23NO4. The molecule has 1 saturated heterocycles. The Labute approximate surface area is 96.2 Å². The second kappa shape index (κ2) is 4.98. The Hall–Kier alpha value is -0.200. The molecule has 1 heterocycles. The Kier molecular flexibility index (Phi) is 4.31. The van der Waals surface area contributed by atoms with Crippen molar-refractivity contribution in [1.29, 1.82) is 0 Å². The van der Waals surface area contributed by atoms with Gasteiger partial charge in [-0.2, -0.15) is 0 Å². The highest BCUT2D eigenvalue weighted by Gasteiger charge is 2.47. The molecular weight excluding hydrogens is 210 g/mol. The number of nitrogens with two attached hydrogens (primary N) is 1. The minimum Gasteiger partial charge on any atom is -0.394 e. The number of aliphatic hydroxyl groups excluding tert-OH is 3. The molecule has 5 nitrogen and oxygen atoms in total. The number of rotatable bonds is 2. The molecule has 1 rings (SSSR count). The second-order valence-electron chi connectivity index (χ2n) is 5.52. The summed E-state index contributed by atoms with van der Waals surface area (Å²) in [5.41, 5.74) is 5.22. The Morgan fingerprint density at radius 2 is 1.75 bits per heavy atom. The lowest BCUT2D eigenvalue weighted by molar-refractivity contribution is -0.231. The normalized spacial score (nSPS) is 41.1. The monoisotopic (exact) mass is 233 g/mol. The molecule has 1 fully saturated rings. The lowest BCUT2D eigenvalue weighted by Crippen LogP contribution is -2.60. The summed E-state index contributed by atoms with van der Waals surface area (Å²) in [5.74, 6) is -0.418. The average Bonchev–Trinajstić information content (AvgIpc) is 2.19. The van der Waals surface area contributed by atoms with Crippen molar-refractivity contribution in [2.45, 2.75) is 45.2 Å². The van der Waals surface area contributed by atoms with Crippen molar-refractivity contribution < 1.29 is 20.1 Å². The van der Waals surface area contributed by atoms with Crippen LogP contribution in [0.15, 0.2) is 0 Å². The van der Waals surface area contributed by atoms with Gasteiger partial charge in [0.25, 0.3) is 0 Å². The van der Waals surface area contributed by atoms with Crippen LogP contribution in [0.3, 0.4) is 0 Å². The first-order chi connectivity index (χ1) is 7.32. The Morgan fingerprint density at radius 3 is 2.12 bits per heavy atom. The van der Waals surface area contributed by atoms with Crippen LogP contribution in [0.5, 0.6) is 0 Å². The van der Waals surface area contributed by atoms with E-state index in [1.807, 2.05) is 20.8 Å². The third-order valence-corrected chi connectivity index (χ3v) is 3.20.